The van der Waals surface area contributed by atoms with E-state index in [4.69, 9.17) is 15.6 Å². The number of para-hydroxylation sites is 2. The molecule has 1 unspecified atom stereocenters. The predicted octanol–water partition coefficient (Wildman–Crippen LogP) is 1.98. The van der Waals surface area contributed by atoms with Crippen LogP contribution in [0.4, 0.5) is 11.6 Å². The summed E-state index contributed by atoms with van der Waals surface area (Å²) in [6, 6.07) is 11.9. The molecule has 3 aromatic heterocycles. The minimum Gasteiger partial charge on any atom is -0.364 e. The average molecular weight is 459 g/mol. The number of Topliss-reactive ketones (excluding diaryl/α,β-unsaturated/α-hetero) is 1. The molecule has 3 heterocycles. The van der Waals surface area contributed by atoms with Crippen molar-refractivity contribution < 1.29 is 14.2 Å². The minimum atomic E-state index is -0.679. The highest BCUT2D eigenvalue weighted by atomic mass is 16.6. The summed E-state index contributed by atoms with van der Waals surface area (Å²) < 4.78 is 6.62. The summed E-state index contributed by atoms with van der Waals surface area (Å²) in [4.78, 5) is 33.6. The molecule has 0 radical (unpaired) electrons. The van der Waals surface area contributed by atoms with Crippen molar-refractivity contribution in [1.29, 1.82) is 5.26 Å². The molecule has 0 saturated heterocycles. The van der Waals surface area contributed by atoms with Crippen molar-refractivity contribution in [3.63, 3.8) is 0 Å². The maximum absolute atomic E-state index is 13.1. The lowest BCUT2D eigenvalue weighted by Gasteiger charge is -2.09. The summed E-state index contributed by atoms with van der Waals surface area (Å²) in [5.74, 6) is 0.424. The first-order chi connectivity index (χ1) is 16.5. The zero-order valence-electron chi connectivity index (χ0n) is 18.2. The highest BCUT2D eigenvalue weighted by Gasteiger charge is 2.22. The van der Waals surface area contributed by atoms with Gasteiger partial charge in [0.2, 0.25) is 11.7 Å². The van der Waals surface area contributed by atoms with Gasteiger partial charge in [0.1, 0.15) is 5.82 Å². The maximum atomic E-state index is 13.1. The Morgan fingerprint density at radius 3 is 2.79 bits per heavy atom. The lowest BCUT2D eigenvalue weighted by Crippen LogP contribution is -2.32. The van der Waals surface area contributed by atoms with Gasteiger partial charge in [0.05, 0.1) is 36.1 Å². The van der Waals surface area contributed by atoms with Gasteiger partial charge in [0.15, 0.2) is 17.3 Å². The number of hydrogen-bond acceptors (Lipinski definition) is 10. The number of nitrogens with zero attached hydrogens (tertiary/aromatic N) is 6. The van der Waals surface area contributed by atoms with Gasteiger partial charge in [-0.3, -0.25) is 9.59 Å². The molecule has 12 nitrogen and oxygen atoms in total. The zero-order chi connectivity index (χ0) is 24.1. The average Bonchev–Trinajstić information content (AvgIpc) is 3.44. The Bertz CT molecular complexity index is 1370. The fraction of sp³-hybridized carbons (Fsp3) is 0.227. The highest BCUT2D eigenvalue weighted by Crippen LogP contribution is 2.28. The van der Waals surface area contributed by atoms with Crippen LogP contribution < -0.4 is 16.4 Å². The fourth-order valence-electron chi connectivity index (χ4n) is 3.21. The number of pyridine rings is 1. The summed E-state index contributed by atoms with van der Waals surface area (Å²) in [5, 5.41) is 22.2. The normalized spacial score (nSPS) is 11.7. The van der Waals surface area contributed by atoms with Gasteiger partial charge >= 0.3 is 0 Å². The molecule has 0 bridgehead atoms. The number of benzene rings is 1. The Morgan fingerprint density at radius 2 is 2.06 bits per heavy atom. The van der Waals surface area contributed by atoms with Gasteiger partial charge in [-0.25, -0.2) is 14.6 Å². The third-order valence-electron chi connectivity index (χ3n) is 4.94. The lowest BCUT2D eigenvalue weighted by atomic mass is 10.2. The van der Waals surface area contributed by atoms with E-state index in [0.717, 1.165) is 5.52 Å². The summed E-state index contributed by atoms with van der Waals surface area (Å²) >= 11 is 0. The van der Waals surface area contributed by atoms with Crippen LogP contribution >= 0.6 is 0 Å². The monoisotopic (exact) mass is 459 g/mol. The Morgan fingerprint density at radius 1 is 1.24 bits per heavy atom. The van der Waals surface area contributed by atoms with E-state index in [1.165, 1.54) is 6.20 Å². The summed E-state index contributed by atoms with van der Waals surface area (Å²) in [6.45, 7) is 1.87. The Balaban J connectivity index is 1.62. The molecule has 0 fully saturated rings. The number of amides is 1. The summed E-state index contributed by atoms with van der Waals surface area (Å²) in [7, 11) is 0. The molecule has 0 saturated carbocycles. The van der Waals surface area contributed by atoms with E-state index in [9.17, 15) is 9.59 Å². The molecule has 4 rings (SSSR count). The number of imidazole rings is 1. The van der Waals surface area contributed by atoms with E-state index >= 15 is 0 Å². The molecule has 172 valence electrons. The third-order valence-corrected chi connectivity index (χ3v) is 4.94. The van der Waals surface area contributed by atoms with E-state index in [1.807, 2.05) is 30.3 Å². The van der Waals surface area contributed by atoms with Gasteiger partial charge in [-0.1, -0.05) is 12.1 Å². The first-order valence-corrected chi connectivity index (χ1v) is 10.4. The van der Waals surface area contributed by atoms with E-state index < -0.39 is 6.04 Å². The molecule has 0 aliphatic carbocycles. The number of carbonyl (C=O) groups excluding carboxylic acids is 2. The molecule has 0 aliphatic heterocycles. The van der Waals surface area contributed by atoms with Gasteiger partial charge < -0.3 is 20.9 Å². The molecule has 0 aliphatic rings. The van der Waals surface area contributed by atoms with Crippen LogP contribution in [0.2, 0.25) is 0 Å². The molecule has 1 aromatic carbocycles. The van der Waals surface area contributed by atoms with Gasteiger partial charge in [0.25, 0.3) is 0 Å². The van der Waals surface area contributed by atoms with Crippen LogP contribution in [0.15, 0.2) is 47.2 Å². The van der Waals surface area contributed by atoms with Crippen LogP contribution in [0, 0.1) is 11.3 Å². The van der Waals surface area contributed by atoms with Crippen molar-refractivity contribution in [1.82, 2.24) is 24.8 Å². The smallest absolute Gasteiger partial charge is 0.242 e. The molecule has 34 heavy (non-hydrogen) atoms. The number of carbonyl (C=O) groups is 2. The fourth-order valence-corrected chi connectivity index (χ4v) is 3.21. The van der Waals surface area contributed by atoms with E-state index in [0.29, 0.717) is 40.8 Å². The maximum Gasteiger partial charge on any atom is 0.242 e. The van der Waals surface area contributed by atoms with Crippen LogP contribution in [0.3, 0.4) is 0 Å². The topological polar surface area (TPSA) is 178 Å². The zero-order valence-corrected chi connectivity index (χ0v) is 18.2. The van der Waals surface area contributed by atoms with Crippen LogP contribution in [0.5, 0.6) is 0 Å². The van der Waals surface area contributed by atoms with Crippen LogP contribution in [0.1, 0.15) is 23.7 Å². The molecule has 1 amide bonds. The van der Waals surface area contributed by atoms with Crippen molar-refractivity contribution >= 4 is 34.4 Å². The van der Waals surface area contributed by atoms with E-state index in [-0.39, 0.29) is 24.7 Å². The van der Waals surface area contributed by atoms with Gasteiger partial charge in [-0.15, -0.1) is 0 Å². The van der Waals surface area contributed by atoms with Crippen LogP contribution in [0.25, 0.3) is 22.6 Å². The molecule has 4 N–H and O–H groups in total. The first kappa shape index (κ1) is 22.6. The van der Waals surface area contributed by atoms with Gasteiger partial charge in [-0.05, 0) is 41.5 Å². The van der Waals surface area contributed by atoms with Crippen molar-refractivity contribution in [2.75, 3.05) is 17.2 Å². The summed E-state index contributed by atoms with van der Waals surface area (Å²) in [6.07, 6.45) is 1.67. The molecular weight excluding hydrogens is 438 g/mol. The van der Waals surface area contributed by atoms with Crippen molar-refractivity contribution in [2.45, 2.75) is 25.9 Å². The number of anilines is 2. The lowest BCUT2D eigenvalue weighted by molar-refractivity contribution is -0.117. The highest BCUT2D eigenvalue weighted by molar-refractivity contribution is 5.98. The van der Waals surface area contributed by atoms with Crippen LogP contribution in [-0.4, -0.2) is 49.1 Å². The SMILES string of the molecule is CC(N)C(=O)Nc1ccc(C(=O)Cn2c(-c3nonc3NCCC#N)nc3ccccc32)cn1. The number of nitrogens with one attached hydrogen (secondary N) is 2. The third kappa shape index (κ3) is 4.74. The van der Waals surface area contributed by atoms with E-state index in [1.54, 1.807) is 23.6 Å². The minimum absolute atomic E-state index is 0.0481. The summed E-state index contributed by atoms with van der Waals surface area (Å²) in [5.41, 5.74) is 7.62. The number of hydrogen-bond donors (Lipinski definition) is 3. The first-order valence-electron chi connectivity index (χ1n) is 10.4. The Labute approximate surface area is 193 Å². The predicted molar refractivity (Wildman–Crippen MR) is 123 cm³/mol. The number of ketones is 1. The van der Waals surface area contributed by atoms with E-state index in [2.05, 4.69) is 30.9 Å². The second-order valence-electron chi connectivity index (χ2n) is 7.44. The molecule has 4 aromatic rings. The second kappa shape index (κ2) is 9.88. The molecule has 1 atom stereocenters. The molecular formula is C22H21N9O3. The number of nitrogens with two attached hydrogens (primary N) is 1. The molecule has 0 spiro atoms. The van der Waals surface area contributed by atoms with Crippen LogP contribution in [-0.2, 0) is 11.3 Å². The Hall–Kier alpha value is -4.63. The standard InChI is InChI=1S/C22H21N9O3/c1-13(24)22(33)28-18-8-7-14(11-26-18)17(32)12-31-16-6-3-2-5-15(16)27-21(31)19-20(30-34-29-19)25-10-4-9-23/h2-3,5-8,11,13H,4,10,12,24H2,1H3,(H,25,30)(H,26,28,33). The largest absolute Gasteiger partial charge is 0.364 e. The number of aromatic nitrogens is 5. The second-order valence-corrected chi connectivity index (χ2v) is 7.44. The van der Waals surface area contributed by atoms with Gasteiger partial charge in [-0.2, -0.15) is 5.26 Å². The van der Waals surface area contributed by atoms with Gasteiger partial charge in [0, 0.05) is 18.3 Å². The molecule has 12 heteroatoms. The Kier molecular flexibility index (Phi) is 6.56. The number of rotatable bonds is 9. The van der Waals surface area contributed by atoms with Crippen molar-refractivity contribution in [2.24, 2.45) is 5.73 Å². The quantitative estimate of drug-likeness (QED) is 0.247. The number of nitriles is 1. The number of fused-ring (bicyclic) bond motifs is 1. The van der Waals surface area contributed by atoms with Crippen molar-refractivity contribution in [3.05, 3.63) is 48.2 Å². The van der Waals surface area contributed by atoms with Crippen molar-refractivity contribution in [3.8, 4) is 17.6 Å².